The van der Waals surface area contributed by atoms with Gasteiger partial charge < -0.3 is 20.2 Å². The molecule has 3 heterocycles. The molecule has 0 spiro atoms. The molecule has 42 heavy (non-hydrogen) atoms. The number of carbonyl (C=O) groups excluding carboxylic acids is 2. The number of aliphatic hydroxyl groups is 1. The molecule has 232 valence electrons. The lowest BCUT2D eigenvalue weighted by Gasteiger charge is -2.33. The molecule has 0 aromatic carbocycles. The lowest BCUT2D eigenvalue weighted by Crippen LogP contribution is -2.48. The average Bonchev–Trinajstić information content (AvgIpc) is 3.34. The van der Waals surface area contributed by atoms with Crippen LogP contribution in [0.2, 0.25) is 0 Å². The molecule has 15 heteroatoms. The minimum Gasteiger partial charge on any atom is -0.388 e. The normalized spacial score (nSPS) is 16.3. The van der Waals surface area contributed by atoms with Crippen molar-refractivity contribution in [1.29, 1.82) is 0 Å². The number of hydrogen-bond donors (Lipinski definition) is 2. The summed E-state index contributed by atoms with van der Waals surface area (Å²) in [6, 6.07) is -2.43. The molecule has 3 rings (SSSR count). The van der Waals surface area contributed by atoms with Crippen LogP contribution in [0.15, 0.2) is 24.5 Å². The molecule has 8 nitrogen and oxygen atoms in total. The van der Waals surface area contributed by atoms with Gasteiger partial charge in [0.25, 0.3) is 11.8 Å². The van der Waals surface area contributed by atoms with Crippen LogP contribution in [0.25, 0.3) is 10.4 Å². The maximum Gasteiger partial charge on any atom is 0.417 e. The summed E-state index contributed by atoms with van der Waals surface area (Å²) in [7, 11) is 1.38. The number of anilines is 1. The van der Waals surface area contributed by atoms with Crippen molar-refractivity contribution in [3.05, 3.63) is 40.8 Å². The summed E-state index contributed by atoms with van der Waals surface area (Å²) in [5, 5.41) is 12.1. The second-order valence-corrected chi connectivity index (χ2v) is 11.7. The van der Waals surface area contributed by atoms with Gasteiger partial charge in [-0.3, -0.25) is 9.59 Å². The highest BCUT2D eigenvalue weighted by molar-refractivity contribution is 7.17. The number of thiazole rings is 1. The Bertz CT molecular complexity index is 1330. The van der Waals surface area contributed by atoms with Gasteiger partial charge in [-0.25, -0.2) is 9.97 Å². The standard InChI is InChI=1S/C27H33F6N5O3S/c1-7-18(27(31,32)33)35-19-12-17(26(28,29)30)16(13-34-19)21-20(23(39)38-11-9-8-10-14(38)2)36-22(42-21)24(40)37(6)15(3)25(4,5)41/h12-13,15,18,41H,2,7-11H2,1,3-6H3,(H,34,35)/t15?,18-/m0/s1. The van der Waals surface area contributed by atoms with E-state index in [-0.39, 0.29) is 16.4 Å². The zero-order chi connectivity index (χ0) is 31.8. The van der Waals surface area contributed by atoms with Gasteiger partial charge in [-0.2, -0.15) is 26.3 Å². The number of piperidine rings is 1. The topological polar surface area (TPSA) is 98.7 Å². The van der Waals surface area contributed by atoms with Crippen LogP contribution < -0.4 is 5.32 Å². The van der Waals surface area contributed by atoms with E-state index >= 15 is 0 Å². The lowest BCUT2D eigenvalue weighted by molar-refractivity contribution is -0.142. The van der Waals surface area contributed by atoms with Gasteiger partial charge >= 0.3 is 12.4 Å². The first kappa shape index (κ1) is 33.3. The summed E-state index contributed by atoms with van der Waals surface area (Å²) in [5.74, 6) is -2.17. The fourth-order valence-electron chi connectivity index (χ4n) is 4.35. The number of allylic oxidation sites excluding steroid dienone is 1. The minimum atomic E-state index is -5.07. The minimum absolute atomic E-state index is 0.247. The molecule has 1 saturated heterocycles. The Kier molecular flexibility index (Phi) is 9.67. The third-order valence-electron chi connectivity index (χ3n) is 7.24. The Balaban J connectivity index is 2.19. The van der Waals surface area contributed by atoms with Crippen LogP contribution in [0.5, 0.6) is 0 Å². The number of nitrogens with one attached hydrogen (secondary N) is 1. The molecule has 2 atom stereocenters. The number of likely N-dealkylation sites (N-methyl/N-ethyl adjacent to an activating group) is 1. The number of amides is 2. The second-order valence-electron chi connectivity index (χ2n) is 10.7. The Morgan fingerprint density at radius 1 is 1.21 bits per heavy atom. The number of nitrogens with zero attached hydrogens (tertiary/aromatic N) is 4. The number of likely N-dealkylation sites (tertiary alicyclic amines) is 1. The number of aromatic nitrogens is 2. The highest BCUT2D eigenvalue weighted by atomic mass is 32.1. The van der Waals surface area contributed by atoms with E-state index in [0.717, 1.165) is 17.5 Å². The zero-order valence-electron chi connectivity index (χ0n) is 23.8. The number of halogens is 6. The van der Waals surface area contributed by atoms with E-state index in [9.17, 15) is 41.0 Å². The van der Waals surface area contributed by atoms with Gasteiger partial charge in [-0.1, -0.05) is 13.5 Å². The van der Waals surface area contributed by atoms with Crippen molar-refractivity contribution in [2.24, 2.45) is 0 Å². The van der Waals surface area contributed by atoms with Crippen molar-refractivity contribution in [3.8, 4) is 10.4 Å². The summed E-state index contributed by atoms with van der Waals surface area (Å²) in [6.45, 7) is 9.87. The highest BCUT2D eigenvalue weighted by Crippen LogP contribution is 2.42. The molecule has 0 aliphatic carbocycles. The first-order valence-corrected chi connectivity index (χ1v) is 14.0. The van der Waals surface area contributed by atoms with Crippen LogP contribution >= 0.6 is 11.3 Å². The molecule has 1 aliphatic heterocycles. The van der Waals surface area contributed by atoms with Crippen LogP contribution in [-0.2, 0) is 6.18 Å². The SMILES string of the molecule is C=C1CCCCN1C(=O)c1nc(C(=O)N(C)C(C)C(C)(C)O)sc1-c1cnc(N[C@@H](CC)C(F)(F)F)cc1C(F)(F)F. The number of alkyl halides is 6. The molecule has 1 aliphatic rings. The smallest absolute Gasteiger partial charge is 0.388 e. The van der Waals surface area contributed by atoms with Crippen LogP contribution in [0.1, 0.15) is 79.2 Å². The third-order valence-corrected chi connectivity index (χ3v) is 8.32. The number of pyridine rings is 1. The fraction of sp³-hybridized carbons (Fsp3) is 0.556. The summed E-state index contributed by atoms with van der Waals surface area (Å²) < 4.78 is 82.9. The highest BCUT2D eigenvalue weighted by Gasteiger charge is 2.41. The molecular formula is C27H33F6N5O3S. The van der Waals surface area contributed by atoms with Crippen LogP contribution in [0.4, 0.5) is 32.2 Å². The largest absolute Gasteiger partial charge is 0.417 e. The van der Waals surface area contributed by atoms with E-state index in [1.807, 2.05) is 5.32 Å². The van der Waals surface area contributed by atoms with Crippen LogP contribution in [0.3, 0.4) is 0 Å². The zero-order valence-corrected chi connectivity index (χ0v) is 24.6. The molecule has 2 aromatic rings. The maximum atomic E-state index is 14.3. The van der Waals surface area contributed by atoms with Crippen LogP contribution in [0, 0.1) is 0 Å². The molecule has 0 saturated carbocycles. The first-order chi connectivity index (χ1) is 19.3. The quantitative estimate of drug-likeness (QED) is 0.334. The van der Waals surface area contributed by atoms with E-state index in [4.69, 9.17) is 0 Å². The average molecular weight is 622 g/mol. The molecule has 1 fully saturated rings. The van der Waals surface area contributed by atoms with Crippen molar-refractivity contribution in [1.82, 2.24) is 19.8 Å². The van der Waals surface area contributed by atoms with Crippen molar-refractivity contribution in [3.63, 3.8) is 0 Å². The Morgan fingerprint density at radius 3 is 2.38 bits per heavy atom. The fourth-order valence-corrected chi connectivity index (χ4v) is 5.41. The molecule has 2 aromatic heterocycles. The van der Waals surface area contributed by atoms with Gasteiger partial charge in [0.2, 0.25) is 0 Å². The first-order valence-electron chi connectivity index (χ1n) is 13.2. The molecular weight excluding hydrogens is 588 g/mol. The second kappa shape index (κ2) is 12.2. The number of rotatable bonds is 8. The molecule has 0 bridgehead atoms. The van der Waals surface area contributed by atoms with E-state index < -0.39 is 70.9 Å². The van der Waals surface area contributed by atoms with Crippen molar-refractivity contribution >= 4 is 29.0 Å². The number of carbonyl (C=O) groups is 2. The Morgan fingerprint density at radius 2 is 1.86 bits per heavy atom. The van der Waals surface area contributed by atoms with Gasteiger partial charge in [-0.15, -0.1) is 11.3 Å². The summed E-state index contributed by atoms with van der Waals surface area (Å²) >= 11 is 0.528. The van der Waals surface area contributed by atoms with E-state index in [1.165, 1.54) is 32.7 Å². The maximum absolute atomic E-state index is 14.3. The summed E-state index contributed by atoms with van der Waals surface area (Å²) in [5.41, 5.74) is -3.31. The predicted octanol–water partition coefficient (Wildman–Crippen LogP) is 6.35. The lowest BCUT2D eigenvalue weighted by atomic mass is 9.99. The van der Waals surface area contributed by atoms with Crippen molar-refractivity contribution in [2.75, 3.05) is 18.9 Å². The van der Waals surface area contributed by atoms with Crippen molar-refractivity contribution < 1.29 is 41.0 Å². The van der Waals surface area contributed by atoms with Crippen molar-refractivity contribution in [2.45, 2.75) is 83.4 Å². The molecule has 2 N–H and O–H groups in total. The van der Waals surface area contributed by atoms with E-state index in [0.29, 0.717) is 35.9 Å². The predicted molar refractivity (Wildman–Crippen MR) is 146 cm³/mol. The monoisotopic (exact) mass is 621 g/mol. The van der Waals surface area contributed by atoms with Gasteiger partial charge in [0, 0.05) is 31.0 Å². The number of hydrogen-bond acceptors (Lipinski definition) is 7. The summed E-state index contributed by atoms with van der Waals surface area (Å²) in [4.78, 5) is 37.1. The molecule has 1 unspecified atom stereocenters. The molecule has 2 amide bonds. The van der Waals surface area contributed by atoms with Gasteiger partial charge in [-0.05, 0) is 52.5 Å². The van der Waals surface area contributed by atoms with Gasteiger partial charge in [0.1, 0.15) is 17.6 Å². The molecule has 0 radical (unpaired) electrons. The van der Waals surface area contributed by atoms with Gasteiger partial charge in [0.15, 0.2) is 5.01 Å². The van der Waals surface area contributed by atoms with E-state index in [2.05, 4.69) is 16.5 Å². The third kappa shape index (κ3) is 7.22. The van der Waals surface area contributed by atoms with E-state index in [1.54, 1.807) is 6.92 Å². The Labute approximate surface area is 243 Å². The van der Waals surface area contributed by atoms with Crippen LogP contribution in [-0.4, -0.2) is 74.1 Å². The van der Waals surface area contributed by atoms with Gasteiger partial charge in [0.05, 0.1) is 22.1 Å². The Hall–Kier alpha value is -3.20. The summed E-state index contributed by atoms with van der Waals surface area (Å²) in [6.07, 6.45) is -7.66.